The third-order valence-corrected chi connectivity index (χ3v) is 4.92. The number of likely N-dealkylation sites (N-methyl/N-ethyl adjacent to an activating group) is 1. The first-order chi connectivity index (χ1) is 14.9. The second kappa shape index (κ2) is 8.13. The first-order valence-electron chi connectivity index (χ1n) is 9.59. The third kappa shape index (κ3) is 3.83. The number of amides is 2. The van der Waals surface area contributed by atoms with Gasteiger partial charge in [-0.05, 0) is 31.2 Å². The van der Waals surface area contributed by atoms with Gasteiger partial charge in [0.1, 0.15) is 11.9 Å². The predicted octanol–water partition coefficient (Wildman–Crippen LogP) is 2.73. The topological polar surface area (TPSA) is 82.8 Å². The number of carbonyl (C=O) groups excluding carboxylic acids is 2. The van der Waals surface area contributed by atoms with Gasteiger partial charge in [0.05, 0.1) is 23.3 Å². The Hall–Kier alpha value is -3.82. The maximum atomic E-state index is 13.7. The molecule has 3 aromatic rings. The van der Waals surface area contributed by atoms with E-state index in [0.29, 0.717) is 11.2 Å². The molecule has 0 saturated carbocycles. The summed E-state index contributed by atoms with van der Waals surface area (Å²) in [6, 6.07) is 14.6. The van der Waals surface area contributed by atoms with Crippen LogP contribution in [0, 0.1) is 0 Å². The Kier molecular flexibility index (Phi) is 5.37. The molecule has 31 heavy (non-hydrogen) atoms. The number of hydrogen-bond donors (Lipinski definition) is 1. The average molecular weight is 426 g/mol. The lowest BCUT2D eigenvalue weighted by Crippen LogP contribution is -2.58. The van der Waals surface area contributed by atoms with Crippen molar-refractivity contribution in [3.05, 3.63) is 60.4 Å². The van der Waals surface area contributed by atoms with Gasteiger partial charge in [0, 0.05) is 7.05 Å². The Morgan fingerprint density at radius 1 is 1.16 bits per heavy atom. The van der Waals surface area contributed by atoms with Gasteiger partial charge in [-0.15, -0.1) is 0 Å². The highest BCUT2D eigenvalue weighted by atomic mass is 19.3. The van der Waals surface area contributed by atoms with E-state index in [-0.39, 0.29) is 29.6 Å². The molecule has 2 aromatic carbocycles. The largest absolute Gasteiger partial charge is 0.332 e. The van der Waals surface area contributed by atoms with E-state index in [2.05, 4.69) is 15.4 Å². The van der Waals surface area contributed by atoms with Crippen molar-refractivity contribution in [1.29, 1.82) is 0 Å². The van der Waals surface area contributed by atoms with Crippen LogP contribution in [0.4, 0.5) is 14.5 Å². The van der Waals surface area contributed by atoms with E-state index >= 15 is 0 Å². The summed E-state index contributed by atoms with van der Waals surface area (Å²) in [6.45, 7) is -1.38. The Balaban J connectivity index is 1.58. The van der Waals surface area contributed by atoms with Crippen molar-refractivity contribution in [3.8, 4) is 0 Å². The minimum atomic E-state index is -2.80. The standard InChI is InChI=1S/C21H20F2N6O2/c1-13-19(30)29(14-8-4-3-5-9-14)26-18(24-13)20(31)27(2)12-17-25-15-10-6-7-11-16(15)28(17)21(22)23/h3-11,13,21H,12H2,1-2H3,(H,24,26). The molecule has 2 amide bonds. The lowest BCUT2D eigenvalue weighted by molar-refractivity contribution is -0.124. The van der Waals surface area contributed by atoms with Crippen molar-refractivity contribution in [1.82, 2.24) is 19.9 Å². The number of alkyl halides is 2. The molecule has 1 unspecified atom stereocenters. The van der Waals surface area contributed by atoms with Gasteiger partial charge in [0.2, 0.25) is 5.84 Å². The fraction of sp³-hybridized carbons (Fsp3) is 0.238. The number of nitrogens with one attached hydrogen (secondary N) is 1. The van der Waals surface area contributed by atoms with Crippen LogP contribution in [0.15, 0.2) is 59.6 Å². The molecule has 1 N–H and O–H groups in total. The number of amidine groups is 1. The van der Waals surface area contributed by atoms with Gasteiger partial charge in [-0.2, -0.15) is 8.78 Å². The van der Waals surface area contributed by atoms with Gasteiger partial charge in [0.25, 0.3) is 11.8 Å². The van der Waals surface area contributed by atoms with Gasteiger partial charge in [0.15, 0.2) is 0 Å². The van der Waals surface area contributed by atoms with Crippen LogP contribution in [0.5, 0.6) is 0 Å². The van der Waals surface area contributed by atoms with Crippen molar-refractivity contribution in [2.45, 2.75) is 26.1 Å². The van der Waals surface area contributed by atoms with Crippen molar-refractivity contribution in [3.63, 3.8) is 0 Å². The number of aliphatic imine (C=N–C) groups is 1. The summed E-state index contributed by atoms with van der Waals surface area (Å²) in [7, 11) is 1.47. The van der Waals surface area contributed by atoms with E-state index in [0.717, 1.165) is 4.57 Å². The molecule has 0 bridgehead atoms. The Morgan fingerprint density at radius 2 is 1.84 bits per heavy atom. The molecule has 8 nitrogen and oxygen atoms in total. The molecule has 0 spiro atoms. The number of fused-ring (bicyclic) bond motifs is 1. The minimum absolute atomic E-state index is 0.0486. The van der Waals surface area contributed by atoms with Gasteiger partial charge in [-0.1, -0.05) is 30.3 Å². The molecule has 4 rings (SSSR count). The molecule has 0 aliphatic carbocycles. The first kappa shape index (κ1) is 20.5. The molecule has 0 radical (unpaired) electrons. The van der Waals surface area contributed by atoms with Crippen LogP contribution in [-0.4, -0.2) is 45.2 Å². The number of imidazole rings is 1. The van der Waals surface area contributed by atoms with Gasteiger partial charge in [-0.25, -0.2) is 15.0 Å². The second-order valence-electron chi connectivity index (χ2n) is 7.10. The van der Waals surface area contributed by atoms with Crippen LogP contribution in [0.2, 0.25) is 0 Å². The van der Waals surface area contributed by atoms with E-state index in [4.69, 9.17) is 0 Å². The highest BCUT2D eigenvalue weighted by molar-refractivity contribution is 6.39. The van der Waals surface area contributed by atoms with Gasteiger partial charge < -0.3 is 4.90 Å². The fourth-order valence-corrected chi connectivity index (χ4v) is 3.39. The summed E-state index contributed by atoms with van der Waals surface area (Å²) >= 11 is 0. The molecule has 1 atom stereocenters. The number of carbonyl (C=O) groups is 2. The summed E-state index contributed by atoms with van der Waals surface area (Å²) < 4.78 is 28.1. The number of halogens is 2. The van der Waals surface area contributed by atoms with Gasteiger partial charge >= 0.3 is 6.55 Å². The van der Waals surface area contributed by atoms with Crippen molar-refractivity contribution < 1.29 is 18.4 Å². The van der Waals surface area contributed by atoms with Crippen molar-refractivity contribution in [2.75, 3.05) is 12.1 Å². The molecule has 10 heteroatoms. The monoisotopic (exact) mass is 426 g/mol. The quantitative estimate of drug-likeness (QED) is 0.680. The molecule has 1 aromatic heterocycles. The van der Waals surface area contributed by atoms with E-state index in [1.807, 2.05) is 6.07 Å². The molecule has 160 valence electrons. The summed E-state index contributed by atoms with van der Waals surface area (Å²) in [5, 5.41) is 1.26. The van der Waals surface area contributed by atoms with Crippen molar-refractivity contribution in [2.24, 2.45) is 4.99 Å². The Labute approximate surface area is 176 Å². The van der Waals surface area contributed by atoms with Crippen LogP contribution in [0.25, 0.3) is 11.0 Å². The highest BCUT2D eigenvalue weighted by Gasteiger charge is 2.32. The molecule has 1 aliphatic heterocycles. The number of anilines is 1. The van der Waals surface area contributed by atoms with E-state index in [9.17, 15) is 18.4 Å². The fourth-order valence-electron chi connectivity index (χ4n) is 3.39. The number of hydrazine groups is 1. The van der Waals surface area contributed by atoms with Crippen LogP contribution in [0.1, 0.15) is 19.3 Å². The van der Waals surface area contributed by atoms with Crippen LogP contribution in [0.3, 0.4) is 0 Å². The minimum Gasteiger partial charge on any atom is -0.332 e. The Bertz CT molecular complexity index is 1160. The van der Waals surface area contributed by atoms with Crippen LogP contribution < -0.4 is 10.4 Å². The predicted molar refractivity (Wildman–Crippen MR) is 111 cm³/mol. The van der Waals surface area contributed by atoms with Crippen LogP contribution >= 0.6 is 0 Å². The number of para-hydroxylation sites is 3. The smallest absolute Gasteiger partial charge is 0.320 e. The maximum absolute atomic E-state index is 13.7. The maximum Gasteiger partial charge on any atom is 0.320 e. The molecule has 2 heterocycles. The normalized spacial score (nSPS) is 16.4. The van der Waals surface area contributed by atoms with E-state index in [1.165, 1.54) is 17.0 Å². The van der Waals surface area contributed by atoms with Gasteiger partial charge in [-0.3, -0.25) is 19.6 Å². The molecule has 0 saturated heterocycles. The first-order valence-corrected chi connectivity index (χ1v) is 9.59. The molecular weight excluding hydrogens is 406 g/mol. The van der Waals surface area contributed by atoms with Crippen LogP contribution in [-0.2, 0) is 16.1 Å². The Morgan fingerprint density at radius 3 is 2.55 bits per heavy atom. The zero-order valence-electron chi connectivity index (χ0n) is 16.9. The SMILES string of the molecule is CC1N=C(C(=O)N(C)Cc2nc3ccccc3n2C(F)F)NN(c2ccccc2)C1=O. The highest BCUT2D eigenvalue weighted by Crippen LogP contribution is 2.24. The second-order valence-corrected chi connectivity index (χ2v) is 7.10. The number of aromatic nitrogens is 2. The number of rotatable bonds is 5. The van der Waals surface area contributed by atoms with Crippen molar-refractivity contribution >= 4 is 34.4 Å². The lowest BCUT2D eigenvalue weighted by Gasteiger charge is -2.31. The van der Waals surface area contributed by atoms with E-state index < -0.39 is 18.5 Å². The zero-order valence-corrected chi connectivity index (χ0v) is 16.9. The summed E-state index contributed by atoms with van der Waals surface area (Å²) in [5.41, 5.74) is 4.01. The summed E-state index contributed by atoms with van der Waals surface area (Å²) in [5.74, 6) is -0.872. The molecule has 0 fully saturated rings. The number of nitrogens with zero attached hydrogens (tertiary/aromatic N) is 5. The third-order valence-electron chi connectivity index (χ3n) is 4.92. The molecular formula is C21H20F2N6O2. The number of hydrogen-bond acceptors (Lipinski definition) is 5. The summed E-state index contributed by atoms with van der Waals surface area (Å²) in [4.78, 5) is 35.1. The van der Waals surface area contributed by atoms with E-state index in [1.54, 1.807) is 55.5 Å². The lowest BCUT2D eigenvalue weighted by atomic mass is 10.2. The zero-order chi connectivity index (χ0) is 22.1. The number of benzene rings is 2. The average Bonchev–Trinajstić information content (AvgIpc) is 3.13. The summed E-state index contributed by atoms with van der Waals surface area (Å²) in [6.07, 6.45) is 0. The molecule has 1 aliphatic rings.